The Labute approximate surface area is 140 Å². The van der Waals surface area contributed by atoms with Gasteiger partial charge in [0.1, 0.15) is 5.25 Å². The number of carboxylic acid groups (broad SMARTS) is 1. The molecule has 2 atom stereocenters. The topological polar surface area (TPSA) is 87.2 Å². The van der Waals surface area contributed by atoms with Gasteiger partial charge in [0.25, 0.3) is 0 Å². The second-order valence-electron chi connectivity index (χ2n) is 5.98. The van der Waals surface area contributed by atoms with E-state index < -0.39 is 22.6 Å². The van der Waals surface area contributed by atoms with Crippen molar-refractivity contribution in [3.63, 3.8) is 0 Å². The second-order valence-corrected chi connectivity index (χ2v) is 8.11. The Kier molecular flexibility index (Phi) is 3.93. The number of carbonyl (C=O) groups is 2. The molecule has 1 aliphatic rings. The normalized spacial score (nSPS) is 22.3. The fourth-order valence-corrected chi connectivity index (χ4v) is 5.66. The largest absolute Gasteiger partial charge is 0.480 e. The van der Waals surface area contributed by atoms with E-state index in [0.717, 1.165) is 28.0 Å². The van der Waals surface area contributed by atoms with E-state index in [-0.39, 0.29) is 10.7 Å². The molecule has 2 N–H and O–H groups in total. The Hall–Kier alpha value is -1.86. The van der Waals surface area contributed by atoms with Gasteiger partial charge in [0.15, 0.2) is 5.78 Å². The molecule has 7 heteroatoms. The molecule has 0 spiro atoms. The molecule has 5 nitrogen and oxygen atoms in total. The van der Waals surface area contributed by atoms with Gasteiger partial charge < -0.3 is 10.1 Å². The van der Waals surface area contributed by atoms with Crippen LogP contribution in [0, 0.1) is 5.92 Å². The van der Waals surface area contributed by atoms with Gasteiger partial charge in [0.2, 0.25) is 0 Å². The van der Waals surface area contributed by atoms with Crippen LogP contribution in [0.4, 0.5) is 0 Å². The predicted octanol–water partition coefficient (Wildman–Crippen LogP) is 2.77. The number of carbonyl (C=O) groups excluding carboxylic acids is 1. The zero-order valence-electron chi connectivity index (χ0n) is 12.5. The van der Waals surface area contributed by atoms with Gasteiger partial charge in [-0.1, -0.05) is 67.3 Å². The number of rotatable bonds is 3. The van der Waals surface area contributed by atoms with Gasteiger partial charge in [0.05, 0.1) is 10.9 Å². The van der Waals surface area contributed by atoms with Crippen LogP contribution in [-0.4, -0.2) is 27.1 Å². The highest BCUT2D eigenvalue weighted by Crippen LogP contribution is 2.50. The first-order valence-corrected chi connectivity index (χ1v) is 8.74. The van der Waals surface area contributed by atoms with Gasteiger partial charge in [-0.05, 0) is 0 Å². The lowest BCUT2D eigenvalue weighted by atomic mass is 9.71. The molecule has 2 heterocycles. The van der Waals surface area contributed by atoms with E-state index in [1.807, 2.05) is 19.9 Å². The lowest BCUT2D eigenvalue weighted by Crippen LogP contribution is -2.47. The molecule has 1 aliphatic heterocycles. The highest BCUT2D eigenvalue weighted by atomic mass is 32.2. The number of aromatic amines is 1. The van der Waals surface area contributed by atoms with Crippen molar-refractivity contribution in [3.8, 4) is 0 Å². The maximum atomic E-state index is 13.0. The SMILES string of the molecule is CC1(C)c2sc(=O)[nH]c2S[C@@H](C(=O)O)[C@@H]1C(=O)c1ccccc1. The first-order valence-electron chi connectivity index (χ1n) is 7.04. The van der Waals surface area contributed by atoms with Crippen LogP contribution in [0.3, 0.4) is 0 Å². The standard InChI is InChI=1S/C16H15NO4S2/c1-16(2)9(10(18)8-6-4-3-5-7-8)11(14(19)20)22-13-12(16)23-15(21)17-13/h3-7,9,11H,1-2H3,(H,17,21)(H,19,20)/t9-,11+/m0/s1. The van der Waals surface area contributed by atoms with Gasteiger partial charge in [-0.25, -0.2) is 0 Å². The van der Waals surface area contributed by atoms with Gasteiger partial charge in [-0.15, -0.1) is 0 Å². The predicted molar refractivity (Wildman–Crippen MR) is 89.5 cm³/mol. The van der Waals surface area contributed by atoms with Gasteiger partial charge >= 0.3 is 10.8 Å². The molecule has 3 rings (SSSR count). The quantitative estimate of drug-likeness (QED) is 0.832. The maximum Gasteiger partial charge on any atom is 0.317 e. The summed E-state index contributed by atoms with van der Waals surface area (Å²) in [6.07, 6.45) is 0. The summed E-state index contributed by atoms with van der Waals surface area (Å²) in [5, 5.41) is 9.24. The highest BCUT2D eigenvalue weighted by Gasteiger charge is 2.51. The summed E-state index contributed by atoms with van der Waals surface area (Å²) >= 11 is 2.10. The lowest BCUT2D eigenvalue weighted by Gasteiger charge is -2.40. The second kappa shape index (κ2) is 5.65. The van der Waals surface area contributed by atoms with Crippen molar-refractivity contribution >= 4 is 34.9 Å². The third kappa shape index (κ3) is 2.64. The van der Waals surface area contributed by atoms with E-state index >= 15 is 0 Å². The molecule has 0 fully saturated rings. The smallest absolute Gasteiger partial charge is 0.317 e. The summed E-state index contributed by atoms with van der Waals surface area (Å²) in [7, 11) is 0. The van der Waals surface area contributed by atoms with E-state index in [0.29, 0.717) is 10.6 Å². The Morgan fingerprint density at radius 1 is 1.22 bits per heavy atom. The lowest BCUT2D eigenvalue weighted by molar-refractivity contribution is -0.137. The molecule has 1 aromatic heterocycles. The van der Waals surface area contributed by atoms with Gasteiger partial charge in [-0.3, -0.25) is 14.4 Å². The van der Waals surface area contributed by atoms with Crippen LogP contribution in [0.1, 0.15) is 29.1 Å². The van der Waals surface area contributed by atoms with Crippen LogP contribution in [0.5, 0.6) is 0 Å². The number of hydrogen-bond acceptors (Lipinski definition) is 5. The summed E-state index contributed by atoms with van der Waals surface area (Å²) in [5.74, 6) is -2.00. The van der Waals surface area contributed by atoms with E-state index in [9.17, 15) is 19.5 Å². The van der Waals surface area contributed by atoms with Crippen molar-refractivity contribution in [1.82, 2.24) is 4.98 Å². The van der Waals surface area contributed by atoms with E-state index in [1.165, 1.54) is 0 Å². The Morgan fingerprint density at radius 2 is 1.87 bits per heavy atom. The number of H-pyrrole nitrogens is 1. The highest BCUT2D eigenvalue weighted by molar-refractivity contribution is 8.00. The summed E-state index contributed by atoms with van der Waals surface area (Å²) in [6.45, 7) is 3.66. The fraction of sp³-hybridized carbons (Fsp3) is 0.312. The van der Waals surface area contributed by atoms with Crippen LogP contribution >= 0.6 is 23.1 Å². The number of Topliss-reactive ketones (excluding diaryl/α,β-unsaturated/α-hetero) is 1. The minimum absolute atomic E-state index is 0.206. The van der Waals surface area contributed by atoms with Crippen LogP contribution in [0.25, 0.3) is 0 Å². The summed E-state index contributed by atoms with van der Waals surface area (Å²) in [4.78, 5) is 39.6. The number of aliphatic carboxylic acids is 1. The Morgan fingerprint density at radius 3 is 2.48 bits per heavy atom. The number of aromatic nitrogens is 1. The number of ketones is 1. The van der Waals surface area contributed by atoms with E-state index in [1.54, 1.807) is 24.3 Å². The molecular weight excluding hydrogens is 334 g/mol. The molecule has 1 aromatic carbocycles. The number of fused-ring (bicyclic) bond motifs is 1. The van der Waals surface area contributed by atoms with E-state index in [4.69, 9.17) is 0 Å². The molecule has 0 bridgehead atoms. The molecule has 0 saturated carbocycles. The fourth-order valence-electron chi connectivity index (χ4n) is 2.98. The van der Waals surface area contributed by atoms with Crippen LogP contribution in [0.2, 0.25) is 0 Å². The van der Waals surface area contributed by atoms with Crippen molar-refractivity contribution in [3.05, 3.63) is 50.4 Å². The van der Waals surface area contributed by atoms with Crippen LogP contribution in [0.15, 0.2) is 40.2 Å². The number of carboxylic acids is 1. The molecule has 120 valence electrons. The number of thiazole rings is 1. The molecular formula is C16H15NO4S2. The number of benzene rings is 1. The summed E-state index contributed by atoms with van der Waals surface area (Å²) in [6, 6.07) is 8.70. The van der Waals surface area contributed by atoms with Crippen molar-refractivity contribution in [1.29, 1.82) is 0 Å². The minimum atomic E-state index is -1.05. The Bertz CT molecular complexity index is 822. The third-order valence-corrected chi connectivity index (χ3v) is 6.73. The molecule has 2 aromatic rings. The molecule has 23 heavy (non-hydrogen) atoms. The van der Waals surface area contributed by atoms with E-state index in [2.05, 4.69) is 4.98 Å². The average molecular weight is 349 g/mol. The number of hydrogen-bond donors (Lipinski definition) is 2. The molecule has 0 amide bonds. The summed E-state index contributed by atoms with van der Waals surface area (Å²) in [5.41, 5.74) is -0.246. The van der Waals surface area contributed by atoms with Crippen molar-refractivity contribution in [2.45, 2.75) is 29.5 Å². The molecule has 0 saturated heterocycles. The van der Waals surface area contributed by atoms with Crippen LogP contribution < -0.4 is 4.87 Å². The first kappa shape index (κ1) is 16.0. The number of thioether (sulfide) groups is 1. The summed E-state index contributed by atoms with van der Waals surface area (Å²) < 4.78 is 0. The minimum Gasteiger partial charge on any atom is -0.480 e. The molecule has 0 unspecified atom stereocenters. The van der Waals surface area contributed by atoms with Gasteiger partial charge in [0, 0.05) is 15.9 Å². The average Bonchev–Trinajstić information content (AvgIpc) is 2.88. The van der Waals surface area contributed by atoms with Gasteiger partial charge in [-0.2, -0.15) is 0 Å². The van der Waals surface area contributed by atoms with Crippen molar-refractivity contribution < 1.29 is 14.7 Å². The zero-order chi connectivity index (χ0) is 16.8. The monoisotopic (exact) mass is 349 g/mol. The molecule has 0 aliphatic carbocycles. The Balaban J connectivity index is 2.14. The third-order valence-electron chi connectivity index (χ3n) is 4.11. The van der Waals surface area contributed by atoms with Crippen molar-refractivity contribution in [2.75, 3.05) is 0 Å². The first-order chi connectivity index (χ1) is 10.8. The van der Waals surface area contributed by atoms with Crippen molar-refractivity contribution in [2.24, 2.45) is 5.92 Å². The maximum absolute atomic E-state index is 13.0. The zero-order valence-corrected chi connectivity index (χ0v) is 14.2. The molecule has 0 radical (unpaired) electrons. The van der Waals surface area contributed by atoms with Crippen LogP contribution in [-0.2, 0) is 10.2 Å². The number of nitrogens with one attached hydrogen (secondary N) is 1.